The lowest BCUT2D eigenvalue weighted by Gasteiger charge is -2.38. The fraction of sp³-hybridized carbons (Fsp3) is 0.611. The molecule has 1 heterocycles. The van der Waals surface area contributed by atoms with Gasteiger partial charge < -0.3 is 4.74 Å². The molecular formula is C18H27NO2. The highest BCUT2D eigenvalue weighted by molar-refractivity contribution is 5.72. The molecule has 0 aliphatic carbocycles. The van der Waals surface area contributed by atoms with Gasteiger partial charge in [0.25, 0.3) is 0 Å². The summed E-state index contributed by atoms with van der Waals surface area (Å²) in [6.07, 6.45) is 2.53. The first kappa shape index (κ1) is 16.0. The molecule has 116 valence electrons. The topological polar surface area (TPSA) is 29.5 Å². The van der Waals surface area contributed by atoms with Crippen LogP contribution in [0.3, 0.4) is 0 Å². The summed E-state index contributed by atoms with van der Waals surface area (Å²) >= 11 is 0. The van der Waals surface area contributed by atoms with Gasteiger partial charge in [-0.2, -0.15) is 0 Å². The van der Waals surface area contributed by atoms with Gasteiger partial charge in [0.05, 0.1) is 5.92 Å². The highest BCUT2D eigenvalue weighted by Gasteiger charge is 2.27. The van der Waals surface area contributed by atoms with Gasteiger partial charge in [-0.1, -0.05) is 44.2 Å². The van der Waals surface area contributed by atoms with Gasteiger partial charge in [0.2, 0.25) is 0 Å². The molecule has 3 atom stereocenters. The largest absolute Gasteiger partial charge is 0.461 e. The molecule has 0 saturated carbocycles. The number of rotatable bonds is 5. The predicted molar refractivity (Wildman–Crippen MR) is 84.8 cm³/mol. The summed E-state index contributed by atoms with van der Waals surface area (Å²) in [5.41, 5.74) is 1.04. The first-order valence-electron chi connectivity index (χ1n) is 8.02. The van der Waals surface area contributed by atoms with E-state index in [1.165, 1.54) is 12.8 Å². The summed E-state index contributed by atoms with van der Waals surface area (Å²) in [6.45, 7) is 8.82. The van der Waals surface area contributed by atoms with Crippen molar-refractivity contribution in [2.24, 2.45) is 11.8 Å². The maximum absolute atomic E-state index is 12.1. The van der Waals surface area contributed by atoms with Crippen LogP contribution in [0.5, 0.6) is 0 Å². The van der Waals surface area contributed by atoms with E-state index in [9.17, 15) is 4.79 Å². The third kappa shape index (κ3) is 4.57. The molecule has 0 spiro atoms. The molecule has 3 unspecified atom stereocenters. The van der Waals surface area contributed by atoms with Crippen LogP contribution in [0, 0.1) is 11.8 Å². The Morgan fingerprint density at radius 2 is 2.05 bits per heavy atom. The van der Waals surface area contributed by atoms with E-state index in [2.05, 4.69) is 18.7 Å². The van der Waals surface area contributed by atoms with Crippen molar-refractivity contribution in [1.82, 2.24) is 4.90 Å². The molecule has 0 amide bonds. The van der Waals surface area contributed by atoms with Gasteiger partial charge in [-0.05, 0) is 37.8 Å². The van der Waals surface area contributed by atoms with Crippen LogP contribution in [0.25, 0.3) is 0 Å². The van der Waals surface area contributed by atoms with E-state index in [0.717, 1.165) is 18.7 Å². The number of ether oxygens (including phenoxy) is 1. The Labute approximate surface area is 128 Å². The SMILES string of the molecule is CC(CN1CCCC(C)C1C)C(=O)OCc1ccccc1. The fourth-order valence-electron chi connectivity index (χ4n) is 2.98. The van der Waals surface area contributed by atoms with E-state index in [-0.39, 0.29) is 11.9 Å². The van der Waals surface area contributed by atoms with Crippen molar-refractivity contribution in [3.05, 3.63) is 35.9 Å². The Bertz CT molecular complexity index is 446. The normalized spacial score (nSPS) is 24.5. The van der Waals surface area contributed by atoms with Gasteiger partial charge in [-0.15, -0.1) is 0 Å². The third-order valence-corrected chi connectivity index (χ3v) is 4.64. The number of hydrogen-bond donors (Lipinski definition) is 0. The van der Waals surface area contributed by atoms with E-state index >= 15 is 0 Å². The molecule has 21 heavy (non-hydrogen) atoms. The lowest BCUT2D eigenvalue weighted by Crippen LogP contribution is -2.45. The lowest BCUT2D eigenvalue weighted by atomic mass is 9.91. The summed E-state index contributed by atoms with van der Waals surface area (Å²) < 4.78 is 5.43. The van der Waals surface area contributed by atoms with Crippen molar-refractivity contribution in [1.29, 1.82) is 0 Å². The average molecular weight is 289 g/mol. The smallest absolute Gasteiger partial charge is 0.310 e. The minimum Gasteiger partial charge on any atom is -0.461 e. The first-order chi connectivity index (χ1) is 10.1. The summed E-state index contributed by atoms with van der Waals surface area (Å²) in [7, 11) is 0. The van der Waals surface area contributed by atoms with Gasteiger partial charge in [-0.3, -0.25) is 9.69 Å². The van der Waals surface area contributed by atoms with Gasteiger partial charge in [0, 0.05) is 12.6 Å². The number of piperidine rings is 1. The quantitative estimate of drug-likeness (QED) is 0.777. The van der Waals surface area contributed by atoms with Crippen molar-refractivity contribution >= 4 is 5.97 Å². The van der Waals surface area contributed by atoms with Crippen LogP contribution in [0.4, 0.5) is 0 Å². The molecule has 0 N–H and O–H groups in total. The van der Waals surface area contributed by atoms with Crippen molar-refractivity contribution in [2.75, 3.05) is 13.1 Å². The standard InChI is InChI=1S/C18H27NO2/c1-14-8-7-11-19(16(14)3)12-15(2)18(20)21-13-17-9-5-4-6-10-17/h4-6,9-10,14-16H,7-8,11-13H2,1-3H3. The zero-order valence-corrected chi connectivity index (χ0v) is 13.4. The zero-order valence-electron chi connectivity index (χ0n) is 13.4. The molecule has 1 aromatic rings. The summed E-state index contributed by atoms with van der Waals surface area (Å²) in [5, 5.41) is 0. The Kier molecular flexibility index (Phi) is 5.80. The second kappa shape index (κ2) is 7.60. The Morgan fingerprint density at radius 1 is 1.33 bits per heavy atom. The molecule has 1 aliphatic rings. The lowest BCUT2D eigenvalue weighted by molar-refractivity contribution is -0.150. The molecule has 1 saturated heterocycles. The number of hydrogen-bond acceptors (Lipinski definition) is 3. The van der Waals surface area contributed by atoms with Crippen molar-refractivity contribution in [2.45, 2.75) is 46.3 Å². The average Bonchev–Trinajstić information content (AvgIpc) is 2.50. The van der Waals surface area contributed by atoms with Crippen LogP contribution in [0.2, 0.25) is 0 Å². The molecule has 3 heteroatoms. The van der Waals surface area contributed by atoms with Gasteiger partial charge in [-0.25, -0.2) is 0 Å². The molecule has 3 nitrogen and oxygen atoms in total. The number of carbonyl (C=O) groups is 1. The second-order valence-corrected chi connectivity index (χ2v) is 6.35. The zero-order chi connectivity index (χ0) is 15.2. The predicted octanol–water partition coefficient (Wildman–Crippen LogP) is 3.49. The molecule has 0 aromatic heterocycles. The first-order valence-corrected chi connectivity index (χ1v) is 8.02. The van der Waals surface area contributed by atoms with E-state index < -0.39 is 0 Å². The summed E-state index contributed by atoms with van der Waals surface area (Å²) in [6, 6.07) is 10.4. The Morgan fingerprint density at radius 3 is 2.76 bits per heavy atom. The molecular weight excluding hydrogens is 262 g/mol. The highest BCUT2D eigenvalue weighted by atomic mass is 16.5. The molecule has 1 aliphatic heterocycles. The molecule has 1 fully saturated rings. The van der Waals surface area contributed by atoms with E-state index in [1.807, 2.05) is 37.3 Å². The number of likely N-dealkylation sites (tertiary alicyclic amines) is 1. The summed E-state index contributed by atoms with van der Waals surface area (Å²) in [4.78, 5) is 14.6. The molecule has 1 aromatic carbocycles. The van der Waals surface area contributed by atoms with Crippen LogP contribution in [-0.2, 0) is 16.1 Å². The van der Waals surface area contributed by atoms with Gasteiger partial charge in [0.15, 0.2) is 0 Å². The number of carbonyl (C=O) groups excluding carboxylic acids is 1. The van der Waals surface area contributed by atoms with Crippen molar-refractivity contribution in [3.63, 3.8) is 0 Å². The molecule has 0 radical (unpaired) electrons. The Balaban J connectivity index is 1.79. The monoisotopic (exact) mass is 289 g/mol. The van der Waals surface area contributed by atoms with E-state index in [0.29, 0.717) is 18.6 Å². The van der Waals surface area contributed by atoms with Crippen LogP contribution in [0.15, 0.2) is 30.3 Å². The number of nitrogens with zero attached hydrogens (tertiary/aromatic N) is 1. The minimum absolute atomic E-state index is 0.0681. The van der Waals surface area contributed by atoms with Crippen molar-refractivity contribution in [3.8, 4) is 0 Å². The van der Waals surface area contributed by atoms with Gasteiger partial charge >= 0.3 is 5.97 Å². The molecule has 0 bridgehead atoms. The maximum atomic E-state index is 12.1. The van der Waals surface area contributed by atoms with E-state index in [1.54, 1.807) is 0 Å². The van der Waals surface area contributed by atoms with Crippen LogP contribution in [-0.4, -0.2) is 30.0 Å². The van der Waals surface area contributed by atoms with Crippen LogP contribution >= 0.6 is 0 Å². The number of benzene rings is 1. The Hall–Kier alpha value is -1.35. The fourth-order valence-corrected chi connectivity index (χ4v) is 2.98. The van der Waals surface area contributed by atoms with Gasteiger partial charge in [0.1, 0.15) is 6.61 Å². The second-order valence-electron chi connectivity index (χ2n) is 6.35. The number of esters is 1. The van der Waals surface area contributed by atoms with Crippen LogP contribution < -0.4 is 0 Å². The summed E-state index contributed by atoms with van der Waals surface area (Å²) in [5.74, 6) is 0.553. The van der Waals surface area contributed by atoms with Crippen LogP contribution in [0.1, 0.15) is 39.2 Å². The minimum atomic E-state index is -0.0933. The van der Waals surface area contributed by atoms with E-state index in [4.69, 9.17) is 4.74 Å². The molecule has 2 rings (SSSR count). The maximum Gasteiger partial charge on any atom is 0.310 e. The van der Waals surface area contributed by atoms with Crippen molar-refractivity contribution < 1.29 is 9.53 Å². The third-order valence-electron chi connectivity index (χ3n) is 4.64. The highest BCUT2D eigenvalue weighted by Crippen LogP contribution is 2.23.